The first-order valence-corrected chi connectivity index (χ1v) is 16.0. The Hall–Kier alpha value is -1.57. The molecule has 204 valence electrons. The molecule has 0 saturated heterocycles. The number of rotatable bonds is 24. The summed E-state index contributed by atoms with van der Waals surface area (Å²) in [6, 6.07) is 10.9. The van der Waals surface area contributed by atoms with E-state index in [1.165, 1.54) is 159 Å². The average Bonchev–Trinajstić information content (AvgIpc) is 3.31. The zero-order valence-corrected chi connectivity index (χ0v) is 24.2. The molecule has 1 heterocycles. The lowest BCUT2D eigenvalue weighted by Crippen LogP contribution is -2.37. The second-order valence-electron chi connectivity index (χ2n) is 11.1. The smallest absolute Gasteiger partial charge is 0.234 e. The van der Waals surface area contributed by atoms with Gasteiger partial charge in [0.15, 0.2) is 0 Å². The monoisotopic (exact) mass is 495 g/mol. The van der Waals surface area contributed by atoms with Gasteiger partial charge in [-0.2, -0.15) is 4.57 Å². The van der Waals surface area contributed by atoms with Crippen LogP contribution in [0, 0.1) is 0 Å². The Kier molecular flexibility index (Phi) is 18.3. The SMILES string of the molecule is CCCCCCCCCCCCCCCCC[n+]1ccn(-c2ccccc2)c1CCCCCCCC. The summed E-state index contributed by atoms with van der Waals surface area (Å²) in [5.74, 6) is 1.49. The van der Waals surface area contributed by atoms with Crippen LogP contribution >= 0.6 is 0 Å². The summed E-state index contributed by atoms with van der Waals surface area (Å²) < 4.78 is 4.97. The zero-order valence-electron chi connectivity index (χ0n) is 24.2. The molecule has 0 aliphatic heterocycles. The van der Waals surface area contributed by atoms with Crippen molar-refractivity contribution >= 4 is 0 Å². The van der Waals surface area contributed by atoms with Crippen molar-refractivity contribution in [3.05, 3.63) is 48.5 Å². The van der Waals surface area contributed by atoms with Crippen LogP contribution in [-0.2, 0) is 13.0 Å². The second kappa shape index (κ2) is 21.5. The molecule has 2 heteroatoms. The molecular weight excluding hydrogens is 436 g/mol. The van der Waals surface area contributed by atoms with Gasteiger partial charge in [0, 0.05) is 6.42 Å². The van der Waals surface area contributed by atoms with Crippen LogP contribution in [0.1, 0.15) is 155 Å². The first kappa shape index (κ1) is 30.7. The maximum absolute atomic E-state index is 2.54. The molecule has 0 saturated carbocycles. The number of imidazole rings is 1. The largest absolute Gasteiger partial charge is 0.261 e. The summed E-state index contributed by atoms with van der Waals surface area (Å²) in [4.78, 5) is 0. The standard InChI is InChI=1S/C34H59N2/c1-3-5-7-9-11-12-13-14-15-16-17-18-19-21-26-30-35-31-32-36(33-27-23-22-24-28-33)34(35)29-25-20-10-8-6-4-2/h22-24,27-28,31-32H,3-21,25-26,29-30H2,1-2H3/q+1. The third kappa shape index (κ3) is 13.7. The average molecular weight is 496 g/mol. The molecule has 0 fully saturated rings. The lowest BCUT2D eigenvalue weighted by Gasteiger charge is -2.06. The Balaban J connectivity index is 1.60. The van der Waals surface area contributed by atoms with E-state index in [2.05, 4.69) is 65.7 Å². The molecule has 0 N–H and O–H groups in total. The number of benzene rings is 1. The van der Waals surface area contributed by atoms with Crippen LogP contribution in [0.4, 0.5) is 0 Å². The topological polar surface area (TPSA) is 8.81 Å². The molecule has 0 atom stereocenters. The van der Waals surface area contributed by atoms with E-state index in [1.807, 2.05) is 0 Å². The van der Waals surface area contributed by atoms with Crippen LogP contribution in [0.15, 0.2) is 42.7 Å². The van der Waals surface area contributed by atoms with Gasteiger partial charge in [-0.25, -0.2) is 4.57 Å². The highest BCUT2D eigenvalue weighted by atomic mass is 15.1. The highest BCUT2D eigenvalue weighted by Crippen LogP contribution is 2.15. The lowest BCUT2D eigenvalue weighted by molar-refractivity contribution is -0.704. The summed E-state index contributed by atoms with van der Waals surface area (Å²) in [6.07, 6.45) is 35.4. The van der Waals surface area contributed by atoms with E-state index in [4.69, 9.17) is 0 Å². The van der Waals surface area contributed by atoms with Gasteiger partial charge in [-0.15, -0.1) is 0 Å². The maximum Gasteiger partial charge on any atom is 0.261 e. The molecule has 0 unspecified atom stereocenters. The maximum atomic E-state index is 2.54. The van der Waals surface area contributed by atoms with Crippen molar-refractivity contribution in [1.29, 1.82) is 0 Å². The van der Waals surface area contributed by atoms with E-state index in [0.29, 0.717) is 0 Å². The lowest BCUT2D eigenvalue weighted by atomic mass is 10.0. The van der Waals surface area contributed by atoms with Crippen molar-refractivity contribution < 1.29 is 4.57 Å². The van der Waals surface area contributed by atoms with E-state index < -0.39 is 0 Å². The Bertz CT molecular complexity index is 733. The number of aryl methyl sites for hydroxylation is 1. The fourth-order valence-corrected chi connectivity index (χ4v) is 5.47. The molecule has 2 nitrogen and oxygen atoms in total. The number of aromatic nitrogens is 2. The van der Waals surface area contributed by atoms with Crippen LogP contribution in [0.3, 0.4) is 0 Å². The summed E-state index contributed by atoms with van der Waals surface area (Å²) in [7, 11) is 0. The van der Waals surface area contributed by atoms with E-state index in [9.17, 15) is 0 Å². The van der Waals surface area contributed by atoms with Crippen LogP contribution in [0.2, 0.25) is 0 Å². The van der Waals surface area contributed by atoms with Gasteiger partial charge >= 0.3 is 0 Å². The van der Waals surface area contributed by atoms with E-state index in [0.717, 1.165) is 0 Å². The van der Waals surface area contributed by atoms with Gasteiger partial charge in [-0.05, 0) is 31.4 Å². The number of nitrogens with zero attached hydrogens (tertiary/aromatic N) is 2. The Morgan fingerprint density at radius 2 is 0.972 bits per heavy atom. The molecule has 1 aromatic carbocycles. The van der Waals surface area contributed by atoms with E-state index >= 15 is 0 Å². The molecule has 0 aliphatic rings. The van der Waals surface area contributed by atoms with Crippen molar-refractivity contribution in [3.63, 3.8) is 0 Å². The number of hydrogen-bond donors (Lipinski definition) is 0. The van der Waals surface area contributed by atoms with Crippen molar-refractivity contribution in [1.82, 2.24) is 4.57 Å². The van der Waals surface area contributed by atoms with Crippen molar-refractivity contribution in [2.45, 2.75) is 162 Å². The van der Waals surface area contributed by atoms with Gasteiger partial charge in [0.2, 0.25) is 0 Å². The highest BCUT2D eigenvalue weighted by Gasteiger charge is 2.18. The number of hydrogen-bond acceptors (Lipinski definition) is 0. The third-order valence-corrected chi connectivity index (χ3v) is 7.80. The Labute approximate surface area is 224 Å². The molecule has 0 spiro atoms. The second-order valence-corrected chi connectivity index (χ2v) is 11.1. The van der Waals surface area contributed by atoms with E-state index in [-0.39, 0.29) is 0 Å². The van der Waals surface area contributed by atoms with Gasteiger partial charge in [0.05, 0.1) is 6.54 Å². The zero-order chi connectivity index (χ0) is 25.5. The quantitative estimate of drug-likeness (QED) is 0.101. The predicted molar refractivity (Wildman–Crippen MR) is 158 cm³/mol. The van der Waals surface area contributed by atoms with Gasteiger partial charge in [-0.1, -0.05) is 148 Å². The summed E-state index contributed by atoms with van der Waals surface area (Å²) in [6.45, 7) is 5.77. The van der Waals surface area contributed by atoms with Gasteiger partial charge in [0.25, 0.3) is 5.82 Å². The predicted octanol–water partition coefficient (Wildman–Crippen LogP) is 10.5. The minimum absolute atomic E-state index is 1.17. The first-order chi connectivity index (χ1) is 17.9. The van der Waals surface area contributed by atoms with Crippen LogP contribution in [-0.4, -0.2) is 4.57 Å². The fraction of sp³-hybridized carbons (Fsp3) is 0.735. The Morgan fingerprint density at radius 3 is 1.47 bits per heavy atom. The highest BCUT2D eigenvalue weighted by molar-refractivity contribution is 5.31. The molecule has 0 radical (unpaired) electrons. The van der Waals surface area contributed by atoms with Crippen LogP contribution in [0.5, 0.6) is 0 Å². The van der Waals surface area contributed by atoms with Gasteiger partial charge in [0.1, 0.15) is 18.1 Å². The summed E-state index contributed by atoms with van der Waals surface area (Å²) >= 11 is 0. The normalized spacial score (nSPS) is 11.4. The Morgan fingerprint density at radius 1 is 0.528 bits per heavy atom. The summed E-state index contributed by atoms with van der Waals surface area (Å²) in [5, 5.41) is 0. The van der Waals surface area contributed by atoms with Crippen molar-refractivity contribution in [2.75, 3.05) is 0 Å². The van der Waals surface area contributed by atoms with Crippen LogP contribution in [0.25, 0.3) is 5.69 Å². The molecule has 2 aromatic rings. The first-order valence-electron chi connectivity index (χ1n) is 16.0. The third-order valence-electron chi connectivity index (χ3n) is 7.80. The molecule has 0 aliphatic carbocycles. The van der Waals surface area contributed by atoms with E-state index in [1.54, 1.807) is 0 Å². The molecule has 0 bridgehead atoms. The number of unbranched alkanes of at least 4 members (excludes halogenated alkanes) is 19. The molecule has 36 heavy (non-hydrogen) atoms. The van der Waals surface area contributed by atoms with Crippen molar-refractivity contribution in [3.8, 4) is 5.69 Å². The molecule has 1 aromatic heterocycles. The molecule has 2 rings (SSSR count). The van der Waals surface area contributed by atoms with Gasteiger partial charge in [-0.3, -0.25) is 0 Å². The minimum Gasteiger partial charge on any atom is -0.234 e. The van der Waals surface area contributed by atoms with Gasteiger partial charge < -0.3 is 0 Å². The summed E-state index contributed by atoms with van der Waals surface area (Å²) in [5.41, 5.74) is 1.30. The minimum atomic E-state index is 1.17. The number of para-hydroxylation sites is 1. The fourth-order valence-electron chi connectivity index (χ4n) is 5.47. The molecular formula is C34H59N2+. The molecule has 0 amide bonds. The van der Waals surface area contributed by atoms with Crippen LogP contribution < -0.4 is 4.57 Å². The van der Waals surface area contributed by atoms with Crippen molar-refractivity contribution in [2.24, 2.45) is 0 Å².